The van der Waals surface area contributed by atoms with Crippen molar-refractivity contribution in [3.8, 4) is 0 Å². The summed E-state index contributed by atoms with van der Waals surface area (Å²) in [5.74, 6) is 0.334. The van der Waals surface area contributed by atoms with E-state index >= 15 is 0 Å². The molecule has 1 aromatic carbocycles. The largest absolute Gasteiger partial charge is 0.330 e. The second-order valence-corrected chi connectivity index (χ2v) is 5.37. The first-order valence-corrected chi connectivity index (χ1v) is 6.66. The number of benzene rings is 1. The molecule has 0 unspecified atom stereocenters. The van der Waals surface area contributed by atoms with E-state index in [0.29, 0.717) is 24.6 Å². The Bertz CT molecular complexity index is 420. The van der Waals surface area contributed by atoms with Crippen LogP contribution in [0.2, 0.25) is 0 Å². The number of carbonyl (C=O) groups is 1. The summed E-state index contributed by atoms with van der Waals surface area (Å²) in [6.45, 7) is 4.73. The fourth-order valence-electron chi connectivity index (χ4n) is 2.14. The zero-order valence-electron chi connectivity index (χ0n) is 11.9. The molecule has 1 aromatic rings. The maximum atomic E-state index is 13.1. The third-order valence-corrected chi connectivity index (χ3v) is 3.17. The molecule has 0 aliphatic heterocycles. The van der Waals surface area contributed by atoms with Gasteiger partial charge in [-0.25, -0.2) is 4.39 Å². The molecule has 0 spiro atoms. The van der Waals surface area contributed by atoms with Gasteiger partial charge in [0.2, 0.25) is 5.91 Å². The van der Waals surface area contributed by atoms with Gasteiger partial charge in [-0.05, 0) is 43.0 Å². The number of hydrogen-bond donors (Lipinski definition) is 1. The van der Waals surface area contributed by atoms with E-state index in [9.17, 15) is 9.18 Å². The summed E-state index contributed by atoms with van der Waals surface area (Å²) >= 11 is 0. The quantitative estimate of drug-likeness (QED) is 0.860. The molecule has 0 aliphatic rings. The summed E-state index contributed by atoms with van der Waals surface area (Å²) < 4.78 is 13.1. The van der Waals surface area contributed by atoms with Crippen LogP contribution in [0.25, 0.3) is 0 Å². The average molecular weight is 266 g/mol. The Labute approximate surface area is 114 Å². The summed E-state index contributed by atoms with van der Waals surface area (Å²) in [5, 5.41) is 0. The number of amides is 1. The molecule has 4 heteroatoms. The maximum absolute atomic E-state index is 13.1. The van der Waals surface area contributed by atoms with Gasteiger partial charge in [-0.1, -0.05) is 19.9 Å². The lowest BCUT2D eigenvalue weighted by Crippen LogP contribution is -2.30. The van der Waals surface area contributed by atoms with Crippen molar-refractivity contribution in [1.29, 1.82) is 0 Å². The molecular formula is C15H23FN2O. The summed E-state index contributed by atoms with van der Waals surface area (Å²) in [5.41, 5.74) is 6.28. The van der Waals surface area contributed by atoms with Crippen LogP contribution >= 0.6 is 0 Å². The summed E-state index contributed by atoms with van der Waals surface area (Å²) in [4.78, 5) is 13.6. The molecule has 0 aliphatic carbocycles. The van der Waals surface area contributed by atoms with Crippen molar-refractivity contribution in [2.75, 3.05) is 18.5 Å². The van der Waals surface area contributed by atoms with Crippen LogP contribution in [0.5, 0.6) is 0 Å². The number of carbonyl (C=O) groups excluding carboxylic acids is 1. The maximum Gasteiger partial charge on any atom is 0.227 e. The molecule has 2 N–H and O–H groups in total. The molecule has 1 rings (SSSR count). The van der Waals surface area contributed by atoms with Crippen LogP contribution in [0.15, 0.2) is 24.3 Å². The van der Waals surface area contributed by atoms with Crippen LogP contribution in [0.4, 0.5) is 10.1 Å². The molecule has 0 heterocycles. The van der Waals surface area contributed by atoms with Gasteiger partial charge in [0.1, 0.15) is 5.82 Å². The number of halogens is 1. The Morgan fingerprint density at radius 1 is 1.42 bits per heavy atom. The third kappa shape index (κ3) is 4.99. The topological polar surface area (TPSA) is 46.3 Å². The highest BCUT2D eigenvalue weighted by molar-refractivity contribution is 5.92. The number of nitrogens with two attached hydrogens (primary N) is 1. The van der Waals surface area contributed by atoms with Gasteiger partial charge in [-0.3, -0.25) is 4.79 Å². The highest BCUT2D eigenvalue weighted by Crippen LogP contribution is 2.19. The van der Waals surface area contributed by atoms with Gasteiger partial charge >= 0.3 is 0 Å². The van der Waals surface area contributed by atoms with Gasteiger partial charge in [0.15, 0.2) is 0 Å². The molecule has 0 aromatic heterocycles. The van der Waals surface area contributed by atoms with E-state index in [1.807, 2.05) is 0 Å². The van der Waals surface area contributed by atoms with Crippen molar-refractivity contribution < 1.29 is 9.18 Å². The normalized spacial score (nSPS) is 12.5. The van der Waals surface area contributed by atoms with Crippen molar-refractivity contribution in [1.82, 2.24) is 0 Å². The first-order chi connectivity index (χ1) is 8.93. The molecular weight excluding hydrogens is 243 g/mol. The van der Waals surface area contributed by atoms with Crippen LogP contribution in [0.1, 0.15) is 26.7 Å². The molecule has 0 saturated carbocycles. The molecule has 0 radical (unpaired) electrons. The minimum absolute atomic E-state index is 0.0262. The zero-order chi connectivity index (χ0) is 14.4. The zero-order valence-corrected chi connectivity index (χ0v) is 11.9. The van der Waals surface area contributed by atoms with E-state index in [0.717, 1.165) is 6.42 Å². The molecule has 0 bridgehead atoms. The number of nitrogens with zero attached hydrogens (tertiary/aromatic N) is 1. The van der Waals surface area contributed by atoms with E-state index in [1.165, 1.54) is 17.0 Å². The van der Waals surface area contributed by atoms with Crippen LogP contribution in [-0.2, 0) is 4.79 Å². The molecule has 1 atom stereocenters. The Morgan fingerprint density at radius 2 is 2.11 bits per heavy atom. The van der Waals surface area contributed by atoms with Gasteiger partial charge < -0.3 is 10.6 Å². The van der Waals surface area contributed by atoms with Crippen molar-refractivity contribution in [2.24, 2.45) is 17.6 Å². The van der Waals surface area contributed by atoms with E-state index in [1.54, 1.807) is 19.2 Å². The summed E-state index contributed by atoms with van der Waals surface area (Å²) in [6.07, 6.45) is 1.33. The van der Waals surface area contributed by atoms with Crippen LogP contribution < -0.4 is 10.6 Å². The van der Waals surface area contributed by atoms with Gasteiger partial charge in [0.05, 0.1) is 0 Å². The van der Waals surface area contributed by atoms with E-state index in [2.05, 4.69) is 13.8 Å². The first-order valence-electron chi connectivity index (χ1n) is 6.66. The Hall–Kier alpha value is -1.42. The predicted octanol–water partition coefficient (Wildman–Crippen LogP) is 2.80. The second-order valence-electron chi connectivity index (χ2n) is 5.37. The van der Waals surface area contributed by atoms with Gasteiger partial charge in [0.25, 0.3) is 0 Å². The lowest BCUT2D eigenvalue weighted by atomic mass is 9.94. The summed E-state index contributed by atoms with van der Waals surface area (Å²) in [6, 6.07) is 6.05. The van der Waals surface area contributed by atoms with Crippen molar-refractivity contribution >= 4 is 11.6 Å². The minimum Gasteiger partial charge on any atom is -0.330 e. The second kappa shape index (κ2) is 7.24. The molecule has 3 nitrogen and oxygen atoms in total. The summed E-state index contributed by atoms with van der Waals surface area (Å²) in [7, 11) is 1.67. The van der Waals surface area contributed by atoms with E-state index in [-0.39, 0.29) is 17.6 Å². The Kier molecular flexibility index (Phi) is 5.96. The van der Waals surface area contributed by atoms with Crippen molar-refractivity contribution in [2.45, 2.75) is 26.7 Å². The number of anilines is 1. The van der Waals surface area contributed by atoms with Crippen LogP contribution in [-0.4, -0.2) is 19.5 Å². The van der Waals surface area contributed by atoms with E-state index in [4.69, 9.17) is 5.73 Å². The van der Waals surface area contributed by atoms with Gasteiger partial charge in [-0.15, -0.1) is 0 Å². The molecule has 0 fully saturated rings. The molecule has 19 heavy (non-hydrogen) atoms. The Morgan fingerprint density at radius 3 is 2.63 bits per heavy atom. The molecule has 0 saturated heterocycles. The fourth-order valence-corrected chi connectivity index (χ4v) is 2.14. The smallest absolute Gasteiger partial charge is 0.227 e. The fraction of sp³-hybridized carbons (Fsp3) is 0.533. The highest BCUT2D eigenvalue weighted by atomic mass is 19.1. The van der Waals surface area contributed by atoms with Gasteiger partial charge in [0, 0.05) is 19.2 Å². The standard InChI is InChI=1S/C15H23FN2O/c1-11(2)7-12(10-17)8-15(19)18(3)14-6-4-5-13(16)9-14/h4-6,9,11-12H,7-8,10,17H2,1-3H3/t12-/m0/s1. The van der Waals surface area contributed by atoms with Gasteiger partial charge in [-0.2, -0.15) is 0 Å². The van der Waals surface area contributed by atoms with Crippen LogP contribution in [0, 0.1) is 17.7 Å². The number of hydrogen-bond acceptors (Lipinski definition) is 2. The SMILES string of the molecule is CC(C)C[C@H](CN)CC(=O)N(C)c1cccc(F)c1. The Balaban J connectivity index is 2.66. The lowest BCUT2D eigenvalue weighted by molar-refractivity contribution is -0.119. The highest BCUT2D eigenvalue weighted by Gasteiger charge is 2.18. The molecule has 1 amide bonds. The third-order valence-electron chi connectivity index (χ3n) is 3.17. The number of rotatable bonds is 6. The van der Waals surface area contributed by atoms with E-state index < -0.39 is 0 Å². The minimum atomic E-state index is -0.338. The first kappa shape index (κ1) is 15.6. The predicted molar refractivity (Wildman–Crippen MR) is 76.4 cm³/mol. The van der Waals surface area contributed by atoms with Crippen molar-refractivity contribution in [3.05, 3.63) is 30.1 Å². The average Bonchev–Trinajstić information content (AvgIpc) is 2.36. The van der Waals surface area contributed by atoms with Crippen LogP contribution in [0.3, 0.4) is 0 Å². The monoisotopic (exact) mass is 266 g/mol. The van der Waals surface area contributed by atoms with Crippen molar-refractivity contribution in [3.63, 3.8) is 0 Å². The lowest BCUT2D eigenvalue weighted by Gasteiger charge is -2.22. The molecule has 106 valence electrons.